The van der Waals surface area contributed by atoms with Crippen LogP contribution in [0.25, 0.3) is 0 Å². The van der Waals surface area contributed by atoms with Gasteiger partial charge in [-0.1, -0.05) is 6.07 Å². The fraction of sp³-hybridized carbons (Fsp3) is 0.571. The van der Waals surface area contributed by atoms with Crippen molar-refractivity contribution in [2.45, 2.75) is 30.6 Å². The van der Waals surface area contributed by atoms with Crippen molar-refractivity contribution in [1.29, 1.82) is 0 Å². The third kappa shape index (κ3) is 1.78. The maximum absolute atomic E-state index is 4.44. The number of piperidine rings is 1. The van der Waals surface area contributed by atoms with Crippen LogP contribution in [0.2, 0.25) is 0 Å². The van der Waals surface area contributed by atoms with Gasteiger partial charge in [-0.3, -0.25) is 0 Å². The van der Waals surface area contributed by atoms with Crippen LogP contribution in [0.1, 0.15) is 24.0 Å². The number of hydrogen-bond donors (Lipinski definition) is 1. The summed E-state index contributed by atoms with van der Waals surface area (Å²) in [5.41, 5.74) is 3.70. The Morgan fingerprint density at radius 2 is 1.81 bits per heavy atom. The summed E-state index contributed by atoms with van der Waals surface area (Å²) in [5.74, 6) is 0. The Bertz CT molecular complexity index is 405. The third-order valence-corrected chi connectivity index (χ3v) is 4.65. The van der Waals surface area contributed by atoms with Gasteiger partial charge in [-0.05, 0) is 74.5 Å². The van der Waals surface area contributed by atoms with Gasteiger partial charge in [0.05, 0.1) is 0 Å². The van der Waals surface area contributed by atoms with E-state index in [2.05, 4.69) is 42.8 Å². The van der Waals surface area contributed by atoms with E-state index in [1.807, 2.05) is 0 Å². The zero-order valence-corrected chi connectivity index (χ0v) is 10.8. The van der Waals surface area contributed by atoms with Gasteiger partial charge in [-0.2, -0.15) is 0 Å². The van der Waals surface area contributed by atoms with Gasteiger partial charge in [0.2, 0.25) is 0 Å². The molecule has 86 valence electrons. The minimum absolute atomic E-state index is 0.580. The molecule has 1 aromatic rings. The lowest BCUT2D eigenvalue weighted by Gasteiger charge is -2.37. The van der Waals surface area contributed by atoms with Gasteiger partial charge in [-0.25, -0.2) is 0 Å². The van der Waals surface area contributed by atoms with E-state index >= 15 is 0 Å². The van der Waals surface area contributed by atoms with Crippen molar-refractivity contribution >= 4 is 12.6 Å². The van der Waals surface area contributed by atoms with Crippen molar-refractivity contribution in [2.24, 2.45) is 5.41 Å². The summed E-state index contributed by atoms with van der Waals surface area (Å²) in [4.78, 5) is 3.57. The van der Waals surface area contributed by atoms with Crippen molar-refractivity contribution in [3.63, 3.8) is 0 Å². The van der Waals surface area contributed by atoms with E-state index < -0.39 is 0 Å². The summed E-state index contributed by atoms with van der Waals surface area (Å²) in [6.07, 6.45) is 5.30. The lowest BCUT2D eigenvalue weighted by Crippen LogP contribution is -2.38. The Morgan fingerprint density at radius 1 is 1.12 bits per heavy atom. The van der Waals surface area contributed by atoms with Crippen molar-refractivity contribution in [1.82, 2.24) is 4.90 Å². The van der Waals surface area contributed by atoms with E-state index in [4.69, 9.17) is 0 Å². The quantitative estimate of drug-likeness (QED) is 0.674. The van der Waals surface area contributed by atoms with Crippen molar-refractivity contribution in [2.75, 3.05) is 20.1 Å². The van der Waals surface area contributed by atoms with Gasteiger partial charge < -0.3 is 4.90 Å². The Hall–Kier alpha value is -0.470. The molecule has 1 spiro atoms. The molecule has 0 aromatic heterocycles. The van der Waals surface area contributed by atoms with E-state index in [-0.39, 0.29) is 0 Å². The fourth-order valence-corrected chi connectivity index (χ4v) is 3.50. The van der Waals surface area contributed by atoms with Crippen LogP contribution in [0.5, 0.6) is 0 Å². The Kier molecular flexibility index (Phi) is 2.52. The summed E-state index contributed by atoms with van der Waals surface area (Å²) < 4.78 is 0. The van der Waals surface area contributed by atoms with Crippen molar-refractivity contribution < 1.29 is 0 Å². The number of rotatable bonds is 0. The number of hydrogen-bond acceptors (Lipinski definition) is 2. The number of nitrogens with zero attached hydrogens (tertiary/aromatic N) is 1. The topological polar surface area (TPSA) is 3.24 Å². The zero-order valence-electron chi connectivity index (χ0n) is 9.87. The minimum Gasteiger partial charge on any atom is -0.306 e. The molecule has 0 saturated carbocycles. The monoisotopic (exact) mass is 233 g/mol. The van der Waals surface area contributed by atoms with Gasteiger partial charge in [0.25, 0.3) is 0 Å². The predicted molar refractivity (Wildman–Crippen MR) is 70.3 cm³/mol. The van der Waals surface area contributed by atoms with Crippen LogP contribution in [0, 0.1) is 5.41 Å². The Labute approximate surface area is 103 Å². The Morgan fingerprint density at radius 3 is 2.56 bits per heavy atom. The molecular weight excluding hydrogens is 214 g/mol. The maximum atomic E-state index is 4.44. The highest BCUT2D eigenvalue weighted by Gasteiger charge is 2.38. The first-order valence-corrected chi connectivity index (χ1v) is 6.61. The van der Waals surface area contributed by atoms with E-state index in [1.165, 1.54) is 38.8 Å². The molecule has 1 saturated heterocycles. The largest absolute Gasteiger partial charge is 0.306 e. The molecule has 1 aliphatic heterocycles. The molecule has 1 aliphatic carbocycles. The molecule has 1 aromatic carbocycles. The zero-order chi connectivity index (χ0) is 11.2. The maximum Gasteiger partial charge on any atom is 0.00429 e. The van der Waals surface area contributed by atoms with E-state index in [0.29, 0.717) is 5.41 Å². The molecule has 1 heterocycles. The summed E-state index contributed by atoms with van der Waals surface area (Å²) >= 11 is 4.44. The second-order valence-electron chi connectivity index (χ2n) is 5.61. The van der Waals surface area contributed by atoms with E-state index in [9.17, 15) is 0 Å². The van der Waals surface area contributed by atoms with Crippen LogP contribution < -0.4 is 0 Å². The third-order valence-electron chi connectivity index (χ3n) is 4.37. The van der Waals surface area contributed by atoms with Crippen LogP contribution >= 0.6 is 12.6 Å². The van der Waals surface area contributed by atoms with Gasteiger partial charge in [0.1, 0.15) is 0 Å². The first-order chi connectivity index (χ1) is 7.67. The lowest BCUT2D eigenvalue weighted by molar-refractivity contribution is 0.131. The molecule has 16 heavy (non-hydrogen) atoms. The smallest absolute Gasteiger partial charge is 0.00429 e. The molecule has 1 nitrogen and oxygen atoms in total. The predicted octanol–water partition coefficient (Wildman–Crippen LogP) is 2.79. The van der Waals surface area contributed by atoms with Crippen molar-refractivity contribution in [3.8, 4) is 0 Å². The second kappa shape index (κ2) is 3.78. The highest BCUT2D eigenvalue weighted by molar-refractivity contribution is 7.80. The second-order valence-corrected chi connectivity index (χ2v) is 6.13. The minimum atomic E-state index is 0.580. The highest BCUT2D eigenvalue weighted by Crippen LogP contribution is 2.44. The van der Waals surface area contributed by atoms with Crippen LogP contribution in [-0.2, 0) is 12.8 Å². The highest BCUT2D eigenvalue weighted by atomic mass is 32.1. The van der Waals surface area contributed by atoms with Gasteiger partial charge >= 0.3 is 0 Å². The summed E-state index contributed by atoms with van der Waals surface area (Å²) in [6.45, 7) is 2.53. The Balaban J connectivity index is 1.84. The lowest BCUT2D eigenvalue weighted by atomic mass is 9.76. The molecule has 0 amide bonds. The summed E-state index contributed by atoms with van der Waals surface area (Å²) in [7, 11) is 2.24. The average molecular weight is 233 g/mol. The van der Waals surface area contributed by atoms with Crippen LogP contribution in [0.3, 0.4) is 0 Å². The molecule has 0 radical (unpaired) electrons. The number of fused-ring (bicyclic) bond motifs is 1. The standard InChI is InChI=1S/C14H19NS/c1-15-6-4-14(5-7-15)9-11-2-3-13(16)8-12(11)10-14/h2-3,8,16H,4-7,9-10H2,1H3. The number of thiol groups is 1. The first-order valence-electron chi connectivity index (χ1n) is 6.16. The summed E-state index contributed by atoms with van der Waals surface area (Å²) in [6, 6.07) is 6.69. The SMILES string of the molecule is CN1CCC2(CC1)Cc1ccc(S)cc1C2. The molecule has 0 N–H and O–H groups in total. The number of benzene rings is 1. The van der Waals surface area contributed by atoms with Gasteiger partial charge in [0.15, 0.2) is 0 Å². The molecule has 2 aliphatic rings. The van der Waals surface area contributed by atoms with Crippen molar-refractivity contribution in [3.05, 3.63) is 29.3 Å². The molecule has 0 atom stereocenters. The molecular formula is C14H19NS. The molecule has 3 rings (SSSR count). The van der Waals surface area contributed by atoms with Gasteiger partial charge in [-0.15, -0.1) is 12.6 Å². The van der Waals surface area contributed by atoms with Crippen LogP contribution in [0.4, 0.5) is 0 Å². The van der Waals surface area contributed by atoms with E-state index in [0.717, 1.165) is 4.90 Å². The van der Waals surface area contributed by atoms with Crippen LogP contribution in [-0.4, -0.2) is 25.0 Å². The van der Waals surface area contributed by atoms with Gasteiger partial charge in [0, 0.05) is 4.90 Å². The summed E-state index contributed by atoms with van der Waals surface area (Å²) in [5, 5.41) is 0. The fourth-order valence-electron chi connectivity index (χ4n) is 3.27. The molecule has 2 heteroatoms. The normalized spacial score (nSPS) is 23.6. The first kappa shape index (κ1) is 10.7. The molecule has 0 bridgehead atoms. The average Bonchev–Trinajstić information content (AvgIpc) is 2.60. The number of likely N-dealkylation sites (tertiary alicyclic amines) is 1. The molecule has 0 unspecified atom stereocenters. The van der Waals surface area contributed by atoms with E-state index in [1.54, 1.807) is 11.1 Å². The molecule has 1 fully saturated rings. The van der Waals surface area contributed by atoms with Crippen LogP contribution in [0.15, 0.2) is 23.1 Å².